The molecule has 1 amide bonds. The van der Waals surface area contributed by atoms with Crippen molar-refractivity contribution in [2.24, 2.45) is 0 Å². The zero-order chi connectivity index (χ0) is 17.5. The molecular formula is C16H23NO7. The Labute approximate surface area is 140 Å². The van der Waals surface area contributed by atoms with Crippen LogP contribution in [0.15, 0.2) is 30.3 Å². The van der Waals surface area contributed by atoms with Crippen LogP contribution in [0.25, 0.3) is 0 Å². The molecule has 0 saturated carbocycles. The molecule has 1 aromatic rings. The van der Waals surface area contributed by atoms with E-state index in [0.717, 1.165) is 5.56 Å². The molecule has 0 fully saturated rings. The highest BCUT2D eigenvalue weighted by molar-refractivity contribution is 5.85. The number of carbonyl (C=O) groups excluding carboxylic acids is 2. The number of rotatable bonds is 6. The second-order valence-corrected chi connectivity index (χ2v) is 5.89. The van der Waals surface area contributed by atoms with Crippen LogP contribution in [0, 0.1) is 0 Å². The second kappa shape index (κ2) is 9.51. The van der Waals surface area contributed by atoms with Gasteiger partial charge in [-0.1, -0.05) is 30.3 Å². The number of aliphatic carboxylic acids is 1. The number of amides is 1. The minimum absolute atomic E-state index is 0. The first-order chi connectivity index (χ1) is 10.7. The number of esters is 1. The SMILES string of the molecule is CC(C)(C)OC(=O)C[C@@H](NC(=O)OCc1ccccc1)C(=O)O.O. The third kappa shape index (κ3) is 8.74. The van der Waals surface area contributed by atoms with Gasteiger partial charge in [0.2, 0.25) is 0 Å². The van der Waals surface area contributed by atoms with E-state index in [-0.39, 0.29) is 12.1 Å². The highest BCUT2D eigenvalue weighted by atomic mass is 16.6. The van der Waals surface area contributed by atoms with Crippen LogP contribution in [0.4, 0.5) is 4.79 Å². The Balaban J connectivity index is 0.00000529. The van der Waals surface area contributed by atoms with Gasteiger partial charge in [0.1, 0.15) is 18.2 Å². The minimum atomic E-state index is -1.41. The molecule has 0 saturated heterocycles. The molecule has 1 rings (SSSR count). The van der Waals surface area contributed by atoms with Crippen LogP contribution >= 0.6 is 0 Å². The van der Waals surface area contributed by atoms with Gasteiger partial charge in [-0.05, 0) is 26.3 Å². The standard InChI is InChI=1S/C16H21NO6.H2O/c1-16(2,3)23-13(18)9-12(14(19)20)17-15(21)22-10-11-7-5-4-6-8-11;/h4-8,12H,9-10H2,1-3H3,(H,17,21)(H,19,20);1H2/t12-;/m1./s1. The molecule has 134 valence electrons. The van der Waals surface area contributed by atoms with Gasteiger partial charge in [0.05, 0.1) is 6.42 Å². The van der Waals surface area contributed by atoms with E-state index in [2.05, 4.69) is 5.32 Å². The molecule has 4 N–H and O–H groups in total. The molecule has 8 nitrogen and oxygen atoms in total. The maximum atomic E-state index is 11.7. The van der Waals surface area contributed by atoms with Crippen LogP contribution in [-0.2, 0) is 25.7 Å². The van der Waals surface area contributed by atoms with Crippen LogP contribution in [0.5, 0.6) is 0 Å². The molecule has 0 spiro atoms. The lowest BCUT2D eigenvalue weighted by molar-refractivity contribution is -0.158. The maximum Gasteiger partial charge on any atom is 0.408 e. The van der Waals surface area contributed by atoms with Gasteiger partial charge in [-0.15, -0.1) is 0 Å². The highest BCUT2D eigenvalue weighted by Crippen LogP contribution is 2.09. The van der Waals surface area contributed by atoms with Crippen molar-refractivity contribution in [3.8, 4) is 0 Å². The summed E-state index contributed by atoms with van der Waals surface area (Å²) in [6.45, 7) is 5.01. The third-order valence-electron chi connectivity index (χ3n) is 2.59. The number of ether oxygens (including phenoxy) is 2. The normalized spacial score (nSPS) is 11.6. The number of benzene rings is 1. The monoisotopic (exact) mass is 341 g/mol. The second-order valence-electron chi connectivity index (χ2n) is 5.89. The zero-order valence-corrected chi connectivity index (χ0v) is 13.9. The largest absolute Gasteiger partial charge is 0.480 e. The Morgan fingerprint density at radius 1 is 1.17 bits per heavy atom. The van der Waals surface area contributed by atoms with Crippen molar-refractivity contribution < 1.29 is 34.4 Å². The molecule has 0 radical (unpaired) electrons. The third-order valence-corrected chi connectivity index (χ3v) is 2.59. The molecule has 0 unspecified atom stereocenters. The van der Waals surface area contributed by atoms with Crippen molar-refractivity contribution in [3.05, 3.63) is 35.9 Å². The van der Waals surface area contributed by atoms with E-state index < -0.39 is 36.1 Å². The number of carbonyl (C=O) groups is 3. The summed E-state index contributed by atoms with van der Waals surface area (Å²) < 4.78 is 9.96. The quantitative estimate of drug-likeness (QED) is 0.749. The van der Waals surface area contributed by atoms with Crippen LogP contribution in [-0.4, -0.2) is 40.3 Å². The molecule has 1 aromatic carbocycles. The average Bonchev–Trinajstić information content (AvgIpc) is 2.43. The Bertz CT molecular complexity index is 551. The summed E-state index contributed by atoms with van der Waals surface area (Å²) >= 11 is 0. The van der Waals surface area contributed by atoms with Crippen LogP contribution in [0.2, 0.25) is 0 Å². The summed E-state index contributed by atoms with van der Waals surface area (Å²) in [5.41, 5.74) is 0.0372. The first kappa shape index (κ1) is 21.4. The fourth-order valence-electron chi connectivity index (χ4n) is 1.66. The van der Waals surface area contributed by atoms with E-state index in [4.69, 9.17) is 14.6 Å². The minimum Gasteiger partial charge on any atom is -0.480 e. The van der Waals surface area contributed by atoms with E-state index in [0.29, 0.717) is 0 Å². The number of nitrogens with one attached hydrogen (secondary N) is 1. The van der Waals surface area contributed by atoms with E-state index in [9.17, 15) is 14.4 Å². The summed E-state index contributed by atoms with van der Waals surface area (Å²) in [6, 6.07) is 7.53. The predicted octanol–water partition coefficient (Wildman–Crippen LogP) is 1.27. The smallest absolute Gasteiger partial charge is 0.408 e. The number of hydrogen-bond acceptors (Lipinski definition) is 5. The lowest BCUT2D eigenvalue weighted by Gasteiger charge is -2.21. The highest BCUT2D eigenvalue weighted by Gasteiger charge is 2.27. The van der Waals surface area contributed by atoms with Crippen molar-refractivity contribution in [1.82, 2.24) is 5.32 Å². The molecule has 0 aliphatic heterocycles. The van der Waals surface area contributed by atoms with E-state index in [1.54, 1.807) is 45.0 Å². The van der Waals surface area contributed by atoms with Crippen molar-refractivity contribution in [2.75, 3.05) is 0 Å². The van der Waals surface area contributed by atoms with Gasteiger partial charge in [0.25, 0.3) is 0 Å². The summed E-state index contributed by atoms with van der Waals surface area (Å²) in [4.78, 5) is 34.4. The molecule has 8 heteroatoms. The number of hydrogen-bond donors (Lipinski definition) is 2. The van der Waals surface area contributed by atoms with Crippen molar-refractivity contribution in [2.45, 2.75) is 45.4 Å². The fourth-order valence-corrected chi connectivity index (χ4v) is 1.66. The number of carboxylic acids is 1. The molecule has 1 atom stereocenters. The van der Waals surface area contributed by atoms with Gasteiger partial charge in [0.15, 0.2) is 0 Å². The Kier molecular flexibility index (Phi) is 8.48. The number of carboxylic acid groups (broad SMARTS) is 1. The molecule has 0 aromatic heterocycles. The molecule has 0 bridgehead atoms. The van der Waals surface area contributed by atoms with Crippen molar-refractivity contribution >= 4 is 18.0 Å². The first-order valence-electron chi connectivity index (χ1n) is 7.09. The summed E-state index contributed by atoms with van der Waals surface area (Å²) in [7, 11) is 0. The van der Waals surface area contributed by atoms with E-state index in [1.807, 2.05) is 6.07 Å². The summed E-state index contributed by atoms with van der Waals surface area (Å²) in [5.74, 6) is -2.05. The Hall–Kier alpha value is -2.61. The molecule has 0 aliphatic rings. The molecule has 0 heterocycles. The van der Waals surface area contributed by atoms with Gasteiger partial charge in [-0.25, -0.2) is 9.59 Å². The van der Waals surface area contributed by atoms with Crippen LogP contribution in [0.3, 0.4) is 0 Å². The van der Waals surface area contributed by atoms with Gasteiger partial charge in [0, 0.05) is 0 Å². The van der Waals surface area contributed by atoms with E-state index >= 15 is 0 Å². The van der Waals surface area contributed by atoms with Crippen molar-refractivity contribution in [1.29, 1.82) is 0 Å². The van der Waals surface area contributed by atoms with Gasteiger partial charge < -0.3 is 25.4 Å². The Morgan fingerprint density at radius 2 is 1.75 bits per heavy atom. The van der Waals surface area contributed by atoms with Gasteiger partial charge >= 0.3 is 18.0 Å². The first-order valence-corrected chi connectivity index (χ1v) is 7.09. The van der Waals surface area contributed by atoms with Crippen LogP contribution in [0.1, 0.15) is 32.8 Å². The average molecular weight is 341 g/mol. The summed E-state index contributed by atoms with van der Waals surface area (Å²) in [5, 5.41) is 11.2. The maximum absolute atomic E-state index is 11.7. The molecule has 24 heavy (non-hydrogen) atoms. The number of alkyl carbamates (subject to hydrolysis) is 1. The van der Waals surface area contributed by atoms with Crippen molar-refractivity contribution in [3.63, 3.8) is 0 Å². The summed E-state index contributed by atoms with van der Waals surface area (Å²) in [6.07, 6.45) is -1.39. The van der Waals surface area contributed by atoms with Crippen LogP contribution < -0.4 is 5.32 Å². The molecular weight excluding hydrogens is 318 g/mol. The lowest BCUT2D eigenvalue weighted by atomic mass is 10.1. The molecule has 0 aliphatic carbocycles. The van der Waals surface area contributed by atoms with E-state index in [1.165, 1.54) is 0 Å². The zero-order valence-electron chi connectivity index (χ0n) is 13.9. The Morgan fingerprint density at radius 3 is 2.25 bits per heavy atom. The van der Waals surface area contributed by atoms with Gasteiger partial charge in [-0.2, -0.15) is 0 Å². The van der Waals surface area contributed by atoms with Gasteiger partial charge in [-0.3, -0.25) is 4.79 Å². The lowest BCUT2D eigenvalue weighted by Crippen LogP contribution is -2.43. The topological polar surface area (TPSA) is 133 Å². The predicted molar refractivity (Wildman–Crippen MR) is 85.3 cm³/mol. The fraction of sp³-hybridized carbons (Fsp3) is 0.438.